The van der Waals surface area contributed by atoms with Crippen LogP contribution in [0.3, 0.4) is 0 Å². The van der Waals surface area contributed by atoms with Gasteiger partial charge in [-0.1, -0.05) is 64.7 Å². The van der Waals surface area contributed by atoms with Gasteiger partial charge in [0.05, 0.1) is 28.2 Å². The van der Waals surface area contributed by atoms with Crippen LogP contribution in [0.1, 0.15) is 71.1 Å². The van der Waals surface area contributed by atoms with Crippen molar-refractivity contribution in [2.45, 2.75) is 71.1 Å². The van der Waals surface area contributed by atoms with Gasteiger partial charge in [-0.25, -0.2) is 0 Å². The number of nitrogens with two attached hydrogens (primary N) is 1. The molecular weight excluding hydrogens is 252 g/mol. The Balaban J connectivity index is -0.000000158. The third-order valence-corrected chi connectivity index (χ3v) is 2.56. The minimum Gasteiger partial charge on any atom is -0.870 e. The van der Waals surface area contributed by atoms with Gasteiger partial charge in [0.25, 0.3) is 0 Å². The summed E-state index contributed by atoms with van der Waals surface area (Å²) in [6, 6.07) is 0. The smallest absolute Gasteiger partial charge is 0.0675 e. The number of hydrogen-bond acceptors (Lipinski definition) is 2. The number of hydrogen-bond donors (Lipinski definition) is 1. The van der Waals surface area contributed by atoms with Gasteiger partial charge >= 0.3 is 0 Å². The third-order valence-electron chi connectivity index (χ3n) is 2.56. The Bertz CT molecular complexity index is 132. The molecule has 0 aliphatic rings. The maximum absolute atomic E-state index is 5.42. The molecule has 0 saturated heterocycles. The van der Waals surface area contributed by atoms with Crippen LogP contribution >= 0.6 is 0 Å². The van der Waals surface area contributed by atoms with Gasteiger partial charge < -0.3 is 21.2 Å². The van der Waals surface area contributed by atoms with E-state index in [9.17, 15) is 0 Å². The maximum atomic E-state index is 5.42. The summed E-state index contributed by atoms with van der Waals surface area (Å²) in [5, 5.41) is 0. The van der Waals surface area contributed by atoms with Crippen molar-refractivity contribution in [2.75, 3.05) is 34.7 Å². The van der Waals surface area contributed by atoms with Crippen LogP contribution in [-0.2, 0) is 0 Å². The zero-order chi connectivity index (χ0) is 14.3. The molecule has 0 rings (SSSR count). The van der Waals surface area contributed by atoms with Crippen LogP contribution in [-0.4, -0.2) is 50.2 Å². The Labute approximate surface area is 127 Å². The molecule has 0 saturated carbocycles. The summed E-state index contributed by atoms with van der Waals surface area (Å²) < 4.78 is 1.00. The van der Waals surface area contributed by atoms with E-state index in [1.165, 1.54) is 64.2 Å². The van der Waals surface area contributed by atoms with Crippen LogP contribution in [0.25, 0.3) is 0 Å². The van der Waals surface area contributed by atoms with Crippen molar-refractivity contribution in [1.82, 2.24) is 0 Å². The molecule has 5 N–H and O–H groups in total. The minimum atomic E-state index is 0. The standard InChI is InChI=1S/C12H27N.C4H12N.2H2O/c1-2-3-4-5-6-7-8-9-10-11-12-13;1-5(2,3)4;;/h2-13H2,1H3;1-4H3;2*1H2/q;+1;;/p-1. The molecule has 0 aromatic carbocycles. The number of nitrogens with zero attached hydrogens (tertiary/aromatic N) is 1. The molecule has 128 valence electrons. The monoisotopic (exact) mass is 294 g/mol. The predicted molar refractivity (Wildman–Crippen MR) is 90.4 cm³/mol. The molecule has 4 nitrogen and oxygen atoms in total. The molecular formula is C16H42N2O2. The Morgan fingerprint density at radius 2 is 0.900 bits per heavy atom. The molecule has 0 amide bonds. The molecule has 0 atom stereocenters. The first-order valence-corrected chi connectivity index (χ1v) is 7.90. The lowest BCUT2D eigenvalue weighted by atomic mass is 10.1. The van der Waals surface area contributed by atoms with Crippen LogP contribution in [0.5, 0.6) is 0 Å². The van der Waals surface area contributed by atoms with Crippen molar-refractivity contribution in [2.24, 2.45) is 5.73 Å². The van der Waals surface area contributed by atoms with Crippen LogP contribution < -0.4 is 5.73 Å². The van der Waals surface area contributed by atoms with Crippen molar-refractivity contribution in [3.05, 3.63) is 0 Å². The van der Waals surface area contributed by atoms with E-state index in [0.29, 0.717) is 0 Å². The second kappa shape index (κ2) is 21.1. The first-order chi connectivity index (χ1) is 8.41. The normalized spacial score (nSPS) is 9.90. The van der Waals surface area contributed by atoms with Crippen LogP contribution in [0.15, 0.2) is 0 Å². The Morgan fingerprint density at radius 1 is 0.650 bits per heavy atom. The summed E-state index contributed by atoms with van der Waals surface area (Å²) in [6.45, 7) is 3.14. The predicted octanol–water partition coefficient (Wildman–Crippen LogP) is 3.19. The van der Waals surface area contributed by atoms with E-state index >= 15 is 0 Å². The van der Waals surface area contributed by atoms with Gasteiger partial charge in [-0.2, -0.15) is 0 Å². The summed E-state index contributed by atoms with van der Waals surface area (Å²) in [5.74, 6) is 0. The molecule has 0 heterocycles. The van der Waals surface area contributed by atoms with Crippen molar-refractivity contribution in [3.63, 3.8) is 0 Å². The largest absolute Gasteiger partial charge is 0.870 e. The fourth-order valence-corrected chi connectivity index (χ4v) is 1.63. The average Bonchev–Trinajstić information content (AvgIpc) is 2.25. The van der Waals surface area contributed by atoms with Gasteiger partial charge in [-0.15, -0.1) is 0 Å². The van der Waals surface area contributed by atoms with E-state index in [1.54, 1.807) is 0 Å². The highest BCUT2D eigenvalue weighted by Crippen LogP contribution is 2.09. The van der Waals surface area contributed by atoms with Gasteiger partial charge in [-0.05, 0) is 13.0 Å². The zero-order valence-corrected chi connectivity index (χ0v) is 14.7. The van der Waals surface area contributed by atoms with Crippen LogP contribution in [0, 0.1) is 0 Å². The summed E-state index contributed by atoms with van der Waals surface area (Å²) in [7, 11) is 8.50. The Kier molecular flexibility index (Phi) is 29.7. The van der Waals surface area contributed by atoms with Gasteiger partial charge in [-0.3, -0.25) is 0 Å². The van der Waals surface area contributed by atoms with E-state index in [2.05, 4.69) is 35.1 Å². The molecule has 0 fully saturated rings. The second-order valence-electron chi connectivity index (χ2n) is 6.65. The molecule has 0 aromatic heterocycles. The van der Waals surface area contributed by atoms with Crippen molar-refractivity contribution < 1.29 is 15.4 Å². The third kappa shape index (κ3) is 52.3. The molecule has 0 spiro atoms. The van der Waals surface area contributed by atoms with Gasteiger partial charge in [0.2, 0.25) is 0 Å². The number of unbranched alkanes of at least 4 members (excludes halogenated alkanes) is 9. The first kappa shape index (κ1) is 28.1. The summed E-state index contributed by atoms with van der Waals surface area (Å²) in [6.07, 6.45) is 13.9. The topological polar surface area (TPSA) is 87.5 Å². The molecule has 0 aliphatic heterocycles. The van der Waals surface area contributed by atoms with Crippen LogP contribution in [0.2, 0.25) is 0 Å². The molecule has 20 heavy (non-hydrogen) atoms. The van der Waals surface area contributed by atoms with E-state index in [-0.39, 0.29) is 11.0 Å². The highest BCUT2D eigenvalue weighted by molar-refractivity contribution is 4.47. The molecule has 0 aromatic rings. The van der Waals surface area contributed by atoms with Crippen molar-refractivity contribution in [1.29, 1.82) is 0 Å². The fourth-order valence-electron chi connectivity index (χ4n) is 1.63. The highest BCUT2D eigenvalue weighted by atomic mass is 16.0. The van der Waals surface area contributed by atoms with Gasteiger partial charge in [0, 0.05) is 0 Å². The van der Waals surface area contributed by atoms with Crippen molar-refractivity contribution in [3.8, 4) is 0 Å². The zero-order valence-electron chi connectivity index (χ0n) is 14.7. The number of quaternary nitrogens is 1. The fraction of sp³-hybridized carbons (Fsp3) is 1.00. The molecule has 0 bridgehead atoms. The number of rotatable bonds is 10. The SMILES string of the molecule is CCCCCCCCCCCCN.C[N+](C)(C)C.O.[OH-]. The van der Waals surface area contributed by atoms with Gasteiger partial charge in [0.15, 0.2) is 0 Å². The second-order valence-corrected chi connectivity index (χ2v) is 6.65. The minimum absolute atomic E-state index is 0. The van der Waals surface area contributed by atoms with Gasteiger partial charge in [0.1, 0.15) is 0 Å². The molecule has 0 radical (unpaired) electrons. The lowest BCUT2D eigenvalue weighted by molar-refractivity contribution is -0.849. The summed E-state index contributed by atoms with van der Waals surface area (Å²) in [4.78, 5) is 0. The summed E-state index contributed by atoms with van der Waals surface area (Å²) in [5.41, 5.74) is 5.42. The molecule has 4 heteroatoms. The lowest BCUT2D eigenvalue weighted by Gasteiger charge is -2.14. The lowest BCUT2D eigenvalue weighted by Crippen LogP contribution is -2.27. The Hall–Kier alpha value is -0.160. The quantitative estimate of drug-likeness (QED) is 0.495. The van der Waals surface area contributed by atoms with E-state index in [4.69, 9.17) is 5.73 Å². The maximum Gasteiger partial charge on any atom is 0.0675 e. The first-order valence-electron chi connectivity index (χ1n) is 7.90. The molecule has 0 unspecified atom stereocenters. The van der Waals surface area contributed by atoms with E-state index in [1.807, 2.05) is 0 Å². The average molecular weight is 295 g/mol. The van der Waals surface area contributed by atoms with Crippen LogP contribution in [0.4, 0.5) is 0 Å². The van der Waals surface area contributed by atoms with E-state index in [0.717, 1.165) is 11.0 Å². The van der Waals surface area contributed by atoms with E-state index < -0.39 is 0 Å². The Morgan fingerprint density at radius 3 is 1.15 bits per heavy atom. The molecule has 0 aliphatic carbocycles. The van der Waals surface area contributed by atoms with Crippen molar-refractivity contribution >= 4 is 0 Å². The summed E-state index contributed by atoms with van der Waals surface area (Å²) >= 11 is 0. The highest BCUT2D eigenvalue weighted by Gasteiger charge is 1.91.